The van der Waals surface area contributed by atoms with Gasteiger partial charge >= 0.3 is 0 Å². The van der Waals surface area contributed by atoms with Gasteiger partial charge < -0.3 is 0 Å². The Bertz CT molecular complexity index is 96.9. The van der Waals surface area contributed by atoms with Crippen LogP contribution >= 0.6 is 0 Å². The lowest BCUT2D eigenvalue weighted by Gasteiger charge is -0.0786. The molecule has 26 heavy (non-hydrogen) atoms. The van der Waals surface area contributed by atoms with E-state index >= 15 is 0 Å². The van der Waals surface area contributed by atoms with Crippen LogP contribution in [0.3, 0.4) is 0 Å². The summed E-state index contributed by atoms with van der Waals surface area (Å²) in [5.41, 5.74) is 0. The minimum absolute atomic E-state index is 0. The van der Waals surface area contributed by atoms with E-state index in [1.165, 1.54) is 96.2 Å². The van der Waals surface area contributed by atoms with Crippen LogP contribution in [0, 0.1) is 0 Å². The monoisotopic (exact) mass is 763 g/mol. The van der Waals surface area contributed by atoms with Gasteiger partial charge in [0.2, 0.25) is 0 Å². The molecule has 0 rings (SSSR count). The van der Waals surface area contributed by atoms with Crippen LogP contribution in [0.4, 0.5) is 0 Å². The zero-order chi connectivity index (χ0) is 112. The molecule has 324 valence electrons. The molecule has 0 aromatic heterocycles. The van der Waals surface area contributed by atoms with Crippen molar-refractivity contribution in [3.63, 3.8) is 0 Å². The summed E-state index contributed by atoms with van der Waals surface area (Å²) in [5.74, 6) is 0. The molecule has 0 spiro atoms. The van der Waals surface area contributed by atoms with Gasteiger partial charge in [-0.2, -0.15) is 0 Å². The van der Waals surface area contributed by atoms with E-state index in [4.69, 9.17) is 146 Å². The average Bonchev–Trinajstić information content (AvgIpc) is 3.95. The van der Waals surface area contributed by atoms with Crippen molar-refractivity contribution in [2.45, 2.75) is 193 Å². The van der Waals surface area contributed by atoms with Crippen molar-refractivity contribution in [1.82, 2.24) is 0 Å². The molecule has 0 aliphatic carbocycles. The first-order valence-electron chi connectivity index (χ1n) is 56.0. The Labute approximate surface area is 366 Å². The summed E-state index contributed by atoms with van der Waals surface area (Å²) in [4.78, 5) is 0. The van der Waals surface area contributed by atoms with Crippen LogP contribution in [0.15, 0.2) is 0 Å². The molecule has 0 aromatic carbocycles. The Morgan fingerprint density at radius 2 is 0.192 bits per heavy atom. The smallest absolute Gasteiger partial charge is 0.0194 e. The Balaban J connectivity index is -0.00000000277. The second kappa shape index (κ2) is 0. The fourth-order valence-electron chi connectivity index (χ4n) is 0. The van der Waals surface area contributed by atoms with Gasteiger partial charge in [-0.05, 0) is 0 Å². The lowest BCUT2D eigenvalue weighted by molar-refractivity contribution is 2.50. The van der Waals surface area contributed by atoms with Gasteiger partial charge in [-0.1, -0.05) is 193 Å². The van der Waals surface area contributed by atoms with E-state index in [0.29, 0.717) is 0 Å². The van der Waals surface area contributed by atoms with Crippen molar-refractivity contribution in [3.05, 3.63) is 0 Å². The van der Waals surface area contributed by atoms with Crippen molar-refractivity contribution in [3.8, 4) is 0 Å². The molecule has 0 bridgehead atoms. The van der Waals surface area contributed by atoms with Gasteiger partial charge in [0.25, 0.3) is 0 Å². The highest BCUT2D eigenvalue weighted by Crippen LogP contribution is 0.169. The highest BCUT2D eigenvalue weighted by molar-refractivity contribution is 2.53. The van der Waals surface area contributed by atoms with E-state index in [-0.39, 0.29) is 118 Å². The standard InChI is InChI=1S/26CH4.58H2/h26*1H4;58*1H/i13*1T;;;;;;;;;;;;;;43*1+2T;15*1+2. The highest BCUT2D eigenvalue weighted by atomic mass is 12.0. The van der Waals surface area contributed by atoms with Crippen molar-refractivity contribution in [1.29, 1.82) is 0 Å². The van der Waals surface area contributed by atoms with Gasteiger partial charge in [0.05, 0.1) is 0 Å². The van der Waals surface area contributed by atoms with Gasteiger partial charge in [-0.15, -0.1) is 0 Å². The molecule has 0 saturated heterocycles. The summed E-state index contributed by atoms with van der Waals surface area (Å²) < 4.78 is 505. The summed E-state index contributed by atoms with van der Waals surface area (Å²) in [5, 5.41) is 0. The number of rotatable bonds is 0. The van der Waals surface area contributed by atoms with Crippen molar-refractivity contribution in [2.75, 3.05) is 0 Å². The van der Waals surface area contributed by atoms with E-state index in [1.54, 1.807) is 0 Å². The molecule has 0 heteroatoms. The molecule has 0 aromatic rings. The van der Waals surface area contributed by atoms with E-state index < -0.39 is 0 Å². The van der Waals surface area contributed by atoms with Crippen molar-refractivity contribution < 1.29 is 167 Å². The first kappa shape index (κ1) is 5.18. The first-order chi connectivity index (χ1) is 56.0. The maximum Gasteiger partial charge on any atom is 0.0194 e. The molecule has 0 N–H and O–H groups in total. The van der Waals surface area contributed by atoms with Gasteiger partial charge in [-0.25, -0.2) is 0 Å². The van der Waals surface area contributed by atoms with Crippen LogP contribution in [-0.2, 0) is 0 Å². The first-order valence-corrected chi connectivity index (χ1v) is 0. The zero-order valence-corrected chi connectivity index (χ0v) is 13.0. The molecule has 0 amide bonds. The molecule has 0 aliphatic heterocycles. The topological polar surface area (TPSA) is 0 Å². The summed E-state index contributed by atoms with van der Waals surface area (Å²) in [6.07, 6.45) is 0. The molecule has 0 fully saturated rings. The molecule has 0 atom stereocenters. The molecular formula is C26H220. The summed E-state index contributed by atoms with van der Waals surface area (Å²) in [6, 6.07) is 0. The second-order valence-electron chi connectivity index (χ2n) is 0. The SMILES string of the molecule is C.C.C.C.C.C.C.C.C.C.C.C.C.[3HH].[3HH].[3HH].[3HH].[3HH].[3HH].[3HH].[3HH].[3HH].[3HH].[3HH].[3HH].[3HH].[3HH].[3HH].[3H]C.[3H]C.[3H]C.[3H]C.[3H]C.[3H]C.[3H]C.[3H]C.[3H]C.[3H]C.[3H]C.[3H]C.[3H]C.[3H][3H].[3H][3H].[3H][3H].[3H][3H].[3H][3H].[3H][3H].[3H][3H].[3H][3H].[3H][3H].[3H][3H].[3H][3H].[3H][3H].[3H][3H].[3H][3H].[3H][3H].[3H][3H].[3H][3H].[3H][3H].[3H][3H].[3H][3H].[3H][3H].[3H][3H].[3H][3H].[3H][3H].[3H][3H].[3H][3H].[3H][3H].[3H][3H].[3H][3H].[3H][3H].[3H][3H].[3H][3H].[3H][3H].[3H][3H].[3H][3H].[3H][3H].[3H][3H].[3H][3H].[3H][3H].[3H][3H].[3H][3H].[3H][3H].[3H][3H]. The third-order valence-corrected chi connectivity index (χ3v) is 0. The van der Waals surface area contributed by atoms with Crippen molar-refractivity contribution in [2.24, 2.45) is 0 Å². The van der Waals surface area contributed by atoms with E-state index in [1.807, 2.05) is 0 Å². The molecule has 0 aliphatic rings. The van der Waals surface area contributed by atoms with Crippen LogP contribution in [0.2, 0.25) is 0 Å². The van der Waals surface area contributed by atoms with E-state index in [2.05, 4.69) is 0 Å². The van der Waals surface area contributed by atoms with Crippen molar-refractivity contribution >= 4 is 0 Å². The maximum absolute atomic E-state index is 5.75. The molecular weight excluding hydrogens is 312 g/mol. The Morgan fingerprint density at radius 3 is 0.192 bits per heavy atom. The fraction of sp³-hybridized carbons (Fsp3) is 1.00. The lowest BCUT2D eigenvalue weighted by atomic mass is 12.0. The maximum atomic E-state index is 5.75. The highest BCUT2D eigenvalue weighted by Gasteiger charge is -0.0526. The minimum atomic E-state index is 0. The third kappa shape index (κ3) is 0. The predicted molar refractivity (Wildman–Crippen MR) is 298 cm³/mol. The average molecular weight is 763 g/mol. The van der Waals surface area contributed by atoms with Crippen LogP contribution in [-0.4, -0.2) is 0 Å². The third-order valence-electron chi connectivity index (χ3n) is 0. The summed E-state index contributed by atoms with van der Waals surface area (Å²) >= 11 is 0. The minimum Gasteiger partial charge on any atom is -0.0776 e. The molecule has 0 radical (unpaired) electrons. The van der Waals surface area contributed by atoms with Gasteiger partial charge in [0.1, 0.15) is 0 Å². The van der Waals surface area contributed by atoms with Gasteiger partial charge in [0, 0.05) is 167 Å². The summed E-state index contributed by atoms with van der Waals surface area (Å²) in [7, 11) is 16.2. The summed E-state index contributed by atoms with van der Waals surface area (Å²) in [6.45, 7) is 0. The molecule has 0 heterocycles. The molecule has 0 unspecified atom stereocenters. The number of hydrogen-bond donors (Lipinski definition) is 0. The largest absolute Gasteiger partial charge is 0.0776 e. The molecule has 0 nitrogen and oxygen atoms in total. The Kier molecular flexibility index (Phi) is 0. The fourth-order valence-corrected chi connectivity index (χ4v) is 0. The van der Waals surface area contributed by atoms with E-state index in [0.717, 1.165) is 0 Å². The van der Waals surface area contributed by atoms with Crippen LogP contribution < -0.4 is 0 Å². The quantitative estimate of drug-likeness (QED) is 0.231. The van der Waals surface area contributed by atoms with Gasteiger partial charge in [-0.3, -0.25) is 0 Å². The van der Waals surface area contributed by atoms with Crippen LogP contribution in [0.25, 0.3) is 0 Å². The normalized spacial score (nSPS) is 16.7. The second-order valence-corrected chi connectivity index (χ2v) is 0. The van der Waals surface area contributed by atoms with Crippen LogP contribution in [0.5, 0.6) is 0 Å². The number of hydrogen-bond acceptors (Lipinski definition) is 0. The van der Waals surface area contributed by atoms with Crippen LogP contribution in [0.1, 0.15) is 360 Å². The Morgan fingerprint density at radius 1 is 0.192 bits per heavy atom. The molecule has 0 saturated carbocycles. The van der Waals surface area contributed by atoms with E-state index in [9.17, 15) is 0 Å². The lowest BCUT2D eigenvalue weighted by Crippen LogP contribution is 0.143. The predicted octanol–water partition coefficient (Wildman–Crippen LogP) is 30.8. The van der Waals surface area contributed by atoms with Gasteiger partial charge in [0.15, 0.2) is 0 Å². The Hall–Kier alpha value is 0. The zero-order valence-electron chi connectivity index (χ0n) is 112.